The molecule has 1 fully saturated rings. The van der Waals surface area contributed by atoms with Gasteiger partial charge in [0.25, 0.3) is 0 Å². The van der Waals surface area contributed by atoms with Crippen molar-refractivity contribution in [3.05, 3.63) is 77.9 Å². The Bertz CT molecular complexity index is 1280. The molecule has 1 aliphatic carbocycles. The fraction of sp³-hybridized carbons (Fsp3) is 0.387. The molecular formula is C31H36N2O4. The van der Waals surface area contributed by atoms with Crippen LogP contribution in [-0.4, -0.2) is 60.0 Å². The van der Waals surface area contributed by atoms with Crippen LogP contribution in [0.2, 0.25) is 0 Å². The molecule has 6 nitrogen and oxygen atoms in total. The van der Waals surface area contributed by atoms with Crippen molar-refractivity contribution in [3.8, 4) is 17.0 Å². The maximum atomic E-state index is 10.7. The molecule has 2 heterocycles. The van der Waals surface area contributed by atoms with Crippen molar-refractivity contribution in [1.82, 2.24) is 9.47 Å². The minimum atomic E-state index is -0.796. The van der Waals surface area contributed by atoms with Gasteiger partial charge in [0.05, 0.1) is 12.7 Å². The molecule has 6 heteroatoms. The Kier molecular flexibility index (Phi) is 8.07. The first-order chi connectivity index (χ1) is 18.1. The number of allylic oxidation sites excluding steroid dienone is 2. The van der Waals surface area contributed by atoms with Crippen molar-refractivity contribution < 1.29 is 19.4 Å². The lowest BCUT2D eigenvalue weighted by Gasteiger charge is -2.28. The van der Waals surface area contributed by atoms with E-state index in [0.29, 0.717) is 13.0 Å². The fourth-order valence-electron chi connectivity index (χ4n) is 5.43. The standard InChI is InChI=1S/C31H36N2O4/c1-36-30-19-23(10-11-26(30)22-32-16-4-5-17-32)21-33-28-8-3-2-7-25(28)20-29(33)24-12-14-27(15-13-24)37-18-6-9-31(34)35/h2-3,7-8,10-15,20,30H,4-6,9,16-19,21-22H2,1H3,(H,34,35). The molecule has 0 radical (unpaired) electrons. The molecule has 37 heavy (non-hydrogen) atoms. The number of carboxylic acid groups (broad SMARTS) is 1. The maximum absolute atomic E-state index is 10.7. The summed E-state index contributed by atoms with van der Waals surface area (Å²) in [6.45, 7) is 4.59. The van der Waals surface area contributed by atoms with Gasteiger partial charge in [-0.3, -0.25) is 9.69 Å². The molecule has 1 unspecified atom stereocenters. The first kappa shape index (κ1) is 25.3. The number of hydrogen-bond donors (Lipinski definition) is 1. The van der Waals surface area contributed by atoms with Gasteiger partial charge in [0.2, 0.25) is 0 Å². The van der Waals surface area contributed by atoms with Gasteiger partial charge in [-0.25, -0.2) is 0 Å². The van der Waals surface area contributed by atoms with E-state index in [2.05, 4.69) is 64.1 Å². The minimum Gasteiger partial charge on any atom is -0.494 e. The summed E-state index contributed by atoms with van der Waals surface area (Å²) in [7, 11) is 1.83. The van der Waals surface area contributed by atoms with E-state index in [9.17, 15) is 4.79 Å². The Labute approximate surface area is 218 Å². The predicted molar refractivity (Wildman–Crippen MR) is 147 cm³/mol. The van der Waals surface area contributed by atoms with Crippen molar-refractivity contribution in [1.29, 1.82) is 0 Å². The lowest BCUT2D eigenvalue weighted by Crippen LogP contribution is -2.29. The molecule has 0 amide bonds. The van der Waals surface area contributed by atoms with Crippen LogP contribution in [0.4, 0.5) is 0 Å². The quantitative estimate of drug-likeness (QED) is 0.331. The smallest absolute Gasteiger partial charge is 0.303 e. The van der Waals surface area contributed by atoms with Gasteiger partial charge in [-0.15, -0.1) is 0 Å². The second-order valence-electron chi connectivity index (χ2n) is 10.0. The number of nitrogens with zero attached hydrogens (tertiary/aromatic N) is 2. The van der Waals surface area contributed by atoms with Crippen LogP contribution < -0.4 is 4.74 Å². The summed E-state index contributed by atoms with van der Waals surface area (Å²) >= 11 is 0. The van der Waals surface area contributed by atoms with Gasteiger partial charge in [0.15, 0.2) is 0 Å². The van der Waals surface area contributed by atoms with Crippen molar-refractivity contribution in [2.24, 2.45) is 0 Å². The van der Waals surface area contributed by atoms with Gasteiger partial charge in [-0.05, 0) is 85.5 Å². The third-order valence-electron chi connectivity index (χ3n) is 7.41. The lowest BCUT2D eigenvalue weighted by atomic mass is 9.94. The topological polar surface area (TPSA) is 63.9 Å². The van der Waals surface area contributed by atoms with Gasteiger partial charge >= 0.3 is 5.97 Å². The zero-order valence-electron chi connectivity index (χ0n) is 21.6. The lowest BCUT2D eigenvalue weighted by molar-refractivity contribution is -0.137. The molecule has 1 aromatic heterocycles. The average Bonchev–Trinajstić information content (AvgIpc) is 3.56. The number of para-hydroxylation sites is 1. The normalized spacial score (nSPS) is 18.1. The van der Waals surface area contributed by atoms with Crippen LogP contribution in [0.1, 0.15) is 32.1 Å². The summed E-state index contributed by atoms with van der Waals surface area (Å²) in [5.74, 6) is -0.0413. The molecule has 3 aromatic rings. The van der Waals surface area contributed by atoms with Gasteiger partial charge in [0.1, 0.15) is 5.75 Å². The number of likely N-dealkylation sites (tertiary alicyclic amines) is 1. The highest BCUT2D eigenvalue weighted by molar-refractivity contribution is 5.87. The van der Waals surface area contributed by atoms with Crippen molar-refractivity contribution in [3.63, 3.8) is 0 Å². The number of methoxy groups -OCH3 is 1. The van der Waals surface area contributed by atoms with Gasteiger partial charge in [-0.2, -0.15) is 0 Å². The second kappa shape index (κ2) is 11.8. The molecule has 194 valence electrons. The zero-order chi connectivity index (χ0) is 25.6. The van der Waals surface area contributed by atoms with E-state index >= 15 is 0 Å². The van der Waals surface area contributed by atoms with Crippen LogP contribution in [0.5, 0.6) is 5.75 Å². The first-order valence-electron chi connectivity index (χ1n) is 13.3. The molecular weight excluding hydrogens is 464 g/mol. The molecule has 2 aromatic carbocycles. The Morgan fingerprint density at radius 2 is 1.81 bits per heavy atom. The van der Waals surface area contributed by atoms with Gasteiger partial charge < -0.3 is 19.1 Å². The number of carboxylic acids is 1. The van der Waals surface area contributed by atoms with Gasteiger partial charge in [-0.1, -0.05) is 30.4 Å². The number of aromatic nitrogens is 1. The SMILES string of the molecule is COC1CC(Cn2c(-c3ccc(OCCCC(=O)O)cc3)cc3ccccc32)=CC=C1CN1CCCC1. The molecule has 0 bridgehead atoms. The van der Waals surface area contributed by atoms with Gasteiger partial charge in [0, 0.05) is 49.6 Å². The number of aliphatic carboxylic acids is 1. The Morgan fingerprint density at radius 1 is 1.03 bits per heavy atom. The van der Waals surface area contributed by atoms with E-state index in [-0.39, 0.29) is 12.5 Å². The molecule has 1 saturated heterocycles. The fourth-order valence-corrected chi connectivity index (χ4v) is 5.43. The molecule has 2 aliphatic rings. The van der Waals surface area contributed by atoms with E-state index in [1.54, 1.807) is 0 Å². The van der Waals surface area contributed by atoms with E-state index in [1.807, 2.05) is 19.2 Å². The van der Waals surface area contributed by atoms with Crippen LogP contribution >= 0.6 is 0 Å². The van der Waals surface area contributed by atoms with Crippen LogP contribution in [0, 0.1) is 0 Å². The van der Waals surface area contributed by atoms with Crippen LogP contribution in [-0.2, 0) is 16.1 Å². The maximum Gasteiger partial charge on any atom is 0.303 e. The molecule has 1 aliphatic heterocycles. The summed E-state index contributed by atoms with van der Waals surface area (Å²) in [5.41, 5.74) is 6.25. The Hall–Kier alpha value is -3.35. The highest BCUT2D eigenvalue weighted by Crippen LogP contribution is 2.32. The monoisotopic (exact) mass is 500 g/mol. The van der Waals surface area contributed by atoms with Crippen molar-refractivity contribution in [2.75, 3.05) is 33.4 Å². The average molecular weight is 501 g/mol. The van der Waals surface area contributed by atoms with E-state index < -0.39 is 5.97 Å². The summed E-state index contributed by atoms with van der Waals surface area (Å²) in [4.78, 5) is 13.2. The van der Waals surface area contributed by atoms with Crippen LogP contribution in [0.3, 0.4) is 0 Å². The Balaban J connectivity index is 1.36. The number of ether oxygens (including phenoxy) is 2. The number of benzene rings is 2. The number of fused-ring (bicyclic) bond motifs is 1. The first-order valence-corrected chi connectivity index (χ1v) is 13.3. The summed E-state index contributed by atoms with van der Waals surface area (Å²) in [6, 6.07) is 18.9. The highest BCUT2D eigenvalue weighted by Gasteiger charge is 2.23. The summed E-state index contributed by atoms with van der Waals surface area (Å²) < 4.78 is 14.1. The highest BCUT2D eigenvalue weighted by atomic mass is 16.5. The predicted octanol–water partition coefficient (Wildman–Crippen LogP) is 5.92. The molecule has 5 rings (SSSR count). The third-order valence-corrected chi connectivity index (χ3v) is 7.41. The third kappa shape index (κ3) is 6.14. The van der Waals surface area contributed by atoms with Crippen LogP contribution in [0.15, 0.2) is 77.9 Å². The molecule has 1 atom stereocenters. The zero-order valence-corrected chi connectivity index (χ0v) is 21.6. The minimum absolute atomic E-state index is 0.118. The van der Waals surface area contributed by atoms with E-state index in [4.69, 9.17) is 14.6 Å². The number of carbonyl (C=O) groups is 1. The summed E-state index contributed by atoms with van der Waals surface area (Å²) in [6.07, 6.45) is 8.83. The van der Waals surface area contributed by atoms with Crippen LogP contribution in [0.25, 0.3) is 22.2 Å². The summed E-state index contributed by atoms with van der Waals surface area (Å²) in [5, 5.41) is 10.0. The van der Waals surface area contributed by atoms with Crippen molar-refractivity contribution >= 4 is 16.9 Å². The van der Waals surface area contributed by atoms with E-state index in [0.717, 1.165) is 30.8 Å². The number of rotatable bonds is 11. The Morgan fingerprint density at radius 3 is 2.57 bits per heavy atom. The van der Waals surface area contributed by atoms with E-state index in [1.165, 1.54) is 53.7 Å². The number of hydrogen-bond acceptors (Lipinski definition) is 4. The van der Waals surface area contributed by atoms with Crippen molar-refractivity contribution in [2.45, 2.75) is 44.8 Å². The molecule has 1 N–H and O–H groups in total. The second-order valence-corrected chi connectivity index (χ2v) is 10.0. The largest absolute Gasteiger partial charge is 0.494 e. The molecule has 0 spiro atoms. The molecule has 0 saturated carbocycles.